The summed E-state index contributed by atoms with van der Waals surface area (Å²) in [5, 5.41) is 0. The molecule has 5 nitrogen and oxygen atoms in total. The smallest absolute Gasteiger partial charge is 0.170 e. The highest BCUT2D eigenvalue weighted by molar-refractivity contribution is 6.08. The Balaban J connectivity index is 1.86. The number of rotatable bonds is 15. The molecule has 0 N–H and O–H groups in total. The van der Waals surface area contributed by atoms with Gasteiger partial charge in [-0.3, -0.25) is 24.0 Å². The highest BCUT2D eigenvalue weighted by Gasteiger charge is 2.35. The molecule has 0 amide bonds. The third-order valence-electron chi connectivity index (χ3n) is 8.69. The first-order chi connectivity index (χ1) is 19.5. The Kier molecular flexibility index (Phi) is 11.5. The van der Waals surface area contributed by atoms with Crippen LogP contribution in [0, 0.1) is 24.7 Å². The molecule has 5 heteroatoms. The second-order valence-corrected chi connectivity index (χ2v) is 12.3. The van der Waals surface area contributed by atoms with Crippen LogP contribution in [0.25, 0.3) is 0 Å². The molecule has 41 heavy (non-hydrogen) atoms. The largest absolute Gasteiger partial charge is 0.300 e. The molecule has 0 heterocycles. The molecule has 3 rings (SSSR count). The third kappa shape index (κ3) is 8.18. The number of ketones is 5. The van der Waals surface area contributed by atoms with E-state index < -0.39 is 0 Å². The fourth-order valence-corrected chi connectivity index (χ4v) is 6.76. The number of fused-ring (bicyclic) bond motifs is 1. The Bertz CT molecular complexity index is 1290. The summed E-state index contributed by atoms with van der Waals surface area (Å²) < 4.78 is 0. The Morgan fingerprint density at radius 3 is 2.24 bits per heavy atom. The van der Waals surface area contributed by atoms with Gasteiger partial charge >= 0.3 is 0 Å². The maximum atomic E-state index is 13.7. The maximum Gasteiger partial charge on any atom is 0.170 e. The Morgan fingerprint density at radius 1 is 0.976 bits per heavy atom. The molecule has 2 aromatic rings. The lowest BCUT2D eigenvalue weighted by Gasteiger charge is -2.33. The van der Waals surface area contributed by atoms with Gasteiger partial charge in [-0.1, -0.05) is 76.9 Å². The van der Waals surface area contributed by atoms with Gasteiger partial charge in [-0.25, -0.2) is 0 Å². The van der Waals surface area contributed by atoms with Crippen LogP contribution >= 0.6 is 0 Å². The van der Waals surface area contributed by atoms with Crippen LogP contribution in [0.3, 0.4) is 0 Å². The molecule has 3 atom stereocenters. The minimum Gasteiger partial charge on any atom is -0.300 e. The van der Waals surface area contributed by atoms with E-state index in [1.165, 1.54) is 6.92 Å². The second kappa shape index (κ2) is 14.6. The van der Waals surface area contributed by atoms with Gasteiger partial charge in [-0.15, -0.1) is 0 Å². The van der Waals surface area contributed by atoms with Crippen LogP contribution in [0.15, 0.2) is 36.4 Å². The highest BCUT2D eigenvalue weighted by Crippen LogP contribution is 2.40. The molecule has 0 spiro atoms. The lowest BCUT2D eigenvalue weighted by atomic mass is 9.70. The maximum absolute atomic E-state index is 13.7. The lowest BCUT2D eigenvalue weighted by molar-refractivity contribution is -0.130. The van der Waals surface area contributed by atoms with E-state index in [1.54, 1.807) is 24.3 Å². The van der Waals surface area contributed by atoms with Gasteiger partial charge in [0.2, 0.25) is 0 Å². The van der Waals surface area contributed by atoms with Crippen LogP contribution in [0.2, 0.25) is 0 Å². The monoisotopic (exact) mass is 558 g/mol. The molecule has 0 radical (unpaired) electrons. The number of hydrogen-bond acceptors (Lipinski definition) is 5. The van der Waals surface area contributed by atoms with Gasteiger partial charge in [0.1, 0.15) is 17.3 Å². The predicted molar refractivity (Wildman–Crippen MR) is 163 cm³/mol. The van der Waals surface area contributed by atoms with Crippen molar-refractivity contribution in [3.8, 4) is 0 Å². The van der Waals surface area contributed by atoms with Crippen LogP contribution in [0.1, 0.15) is 128 Å². The molecule has 1 aliphatic carbocycles. The van der Waals surface area contributed by atoms with Crippen LogP contribution in [-0.4, -0.2) is 28.9 Å². The van der Waals surface area contributed by atoms with Crippen LogP contribution < -0.4 is 0 Å². The second-order valence-electron chi connectivity index (χ2n) is 12.3. The molecule has 0 saturated heterocycles. The van der Waals surface area contributed by atoms with Crippen molar-refractivity contribution in [3.05, 3.63) is 69.8 Å². The average molecular weight is 559 g/mol. The van der Waals surface area contributed by atoms with E-state index in [-0.39, 0.29) is 71.9 Å². The van der Waals surface area contributed by atoms with E-state index in [2.05, 4.69) is 26.8 Å². The van der Waals surface area contributed by atoms with Crippen molar-refractivity contribution >= 4 is 28.9 Å². The first kappa shape index (κ1) is 32.3. The van der Waals surface area contributed by atoms with Crippen molar-refractivity contribution in [1.29, 1.82) is 0 Å². The normalized spacial score (nSPS) is 16.3. The highest BCUT2D eigenvalue weighted by atomic mass is 16.2. The summed E-state index contributed by atoms with van der Waals surface area (Å²) in [4.78, 5) is 63.9. The SMILES string of the molecule is CCCC(CC1CC(=O)c2c(C)c(CC(=O)CC(=O)c3ccccc3)cc(C(C)C)c2C1)C(CC)C(=O)CC(C)=O. The summed E-state index contributed by atoms with van der Waals surface area (Å²) in [6, 6.07) is 10.9. The lowest BCUT2D eigenvalue weighted by Crippen LogP contribution is -2.30. The predicted octanol–water partition coefficient (Wildman–Crippen LogP) is 7.63. The number of hydrogen-bond donors (Lipinski definition) is 0. The average Bonchev–Trinajstić information content (AvgIpc) is 2.90. The molecule has 0 fully saturated rings. The molecule has 0 saturated carbocycles. The summed E-state index contributed by atoms with van der Waals surface area (Å²) in [6.07, 6.45) is 4.50. The van der Waals surface area contributed by atoms with Gasteiger partial charge in [0.25, 0.3) is 0 Å². The molecule has 1 aliphatic rings. The summed E-state index contributed by atoms with van der Waals surface area (Å²) >= 11 is 0. The fraction of sp³-hybridized carbons (Fsp3) is 0.528. The molecule has 3 unspecified atom stereocenters. The zero-order chi connectivity index (χ0) is 30.3. The van der Waals surface area contributed by atoms with Crippen LogP contribution in [-0.2, 0) is 27.2 Å². The Hall–Kier alpha value is -3.21. The van der Waals surface area contributed by atoms with E-state index >= 15 is 0 Å². The molecular weight excluding hydrogens is 512 g/mol. The fourth-order valence-electron chi connectivity index (χ4n) is 6.76. The van der Waals surface area contributed by atoms with Gasteiger partial charge in [0.15, 0.2) is 11.6 Å². The zero-order valence-electron chi connectivity index (χ0n) is 25.7. The van der Waals surface area contributed by atoms with E-state index in [1.807, 2.05) is 19.9 Å². The van der Waals surface area contributed by atoms with Crippen LogP contribution in [0.4, 0.5) is 0 Å². The van der Waals surface area contributed by atoms with Gasteiger partial charge < -0.3 is 0 Å². The van der Waals surface area contributed by atoms with Crippen molar-refractivity contribution in [2.45, 2.75) is 105 Å². The standard InChI is InChI=1S/C36H46O5/c1-7-12-27(30(8-2)34(40)15-23(5)37)16-25-17-32-31(22(3)4)20-28(24(6)36(32)35(41)18-25)19-29(38)21-33(39)26-13-10-9-11-14-26/h9-11,13-14,20,22,25,27,30H,7-8,12,15-19,21H2,1-6H3. The summed E-state index contributed by atoms with van der Waals surface area (Å²) in [7, 11) is 0. The first-order valence-electron chi connectivity index (χ1n) is 15.3. The summed E-state index contributed by atoms with van der Waals surface area (Å²) in [6.45, 7) is 11.7. The quantitative estimate of drug-likeness (QED) is 0.166. The third-order valence-corrected chi connectivity index (χ3v) is 8.69. The van der Waals surface area contributed by atoms with Crippen molar-refractivity contribution in [2.24, 2.45) is 17.8 Å². The minimum absolute atomic E-state index is 0.0136. The number of carbonyl (C=O) groups is 5. The molecule has 0 bridgehead atoms. The van der Waals surface area contributed by atoms with Gasteiger partial charge in [-0.05, 0) is 73.1 Å². The minimum atomic E-state index is -0.192. The van der Waals surface area contributed by atoms with E-state index in [9.17, 15) is 24.0 Å². The summed E-state index contributed by atoms with van der Waals surface area (Å²) in [5.41, 5.74) is 5.12. The number of benzene rings is 2. The number of Topliss-reactive ketones (excluding diaryl/α,β-unsaturated/α-hetero) is 5. The Morgan fingerprint density at radius 2 is 1.66 bits per heavy atom. The topological polar surface area (TPSA) is 85.3 Å². The number of carbonyl (C=O) groups excluding carboxylic acids is 5. The van der Waals surface area contributed by atoms with Crippen molar-refractivity contribution < 1.29 is 24.0 Å². The van der Waals surface area contributed by atoms with Crippen LogP contribution in [0.5, 0.6) is 0 Å². The van der Waals surface area contributed by atoms with Gasteiger partial charge in [0.05, 0.1) is 12.8 Å². The Labute approximate surface area is 245 Å². The van der Waals surface area contributed by atoms with Gasteiger partial charge in [0, 0.05) is 29.9 Å². The van der Waals surface area contributed by atoms with Crippen molar-refractivity contribution in [2.75, 3.05) is 0 Å². The van der Waals surface area contributed by atoms with Crippen molar-refractivity contribution in [3.63, 3.8) is 0 Å². The summed E-state index contributed by atoms with van der Waals surface area (Å²) in [5.74, 6) is -0.0116. The molecule has 0 aliphatic heterocycles. The van der Waals surface area contributed by atoms with Gasteiger partial charge in [-0.2, -0.15) is 0 Å². The molecule has 220 valence electrons. The molecular formula is C36H46O5. The molecule has 2 aromatic carbocycles. The zero-order valence-corrected chi connectivity index (χ0v) is 25.7. The van der Waals surface area contributed by atoms with E-state index in [0.29, 0.717) is 18.4 Å². The first-order valence-corrected chi connectivity index (χ1v) is 15.3. The van der Waals surface area contributed by atoms with E-state index in [4.69, 9.17) is 0 Å². The van der Waals surface area contributed by atoms with E-state index in [0.717, 1.165) is 53.5 Å². The van der Waals surface area contributed by atoms with Crippen molar-refractivity contribution in [1.82, 2.24) is 0 Å². The molecule has 0 aromatic heterocycles.